The van der Waals surface area contributed by atoms with E-state index in [9.17, 15) is 13.2 Å². The van der Waals surface area contributed by atoms with Crippen molar-refractivity contribution in [3.05, 3.63) is 0 Å². The second-order valence-corrected chi connectivity index (χ2v) is 6.47. The van der Waals surface area contributed by atoms with Crippen molar-refractivity contribution in [2.45, 2.75) is 13.0 Å². The standard InChI is InChI=1S/C9H15NO5S/c1-6-2-10(16(13,14)5-6)8-4-15-3-7(8)9(11)12/h6-8H,2-5H2,1H3,(H,11,12). The number of carboxylic acids is 1. The van der Waals surface area contributed by atoms with Gasteiger partial charge in [0, 0.05) is 6.54 Å². The topological polar surface area (TPSA) is 83.9 Å². The molecule has 2 aliphatic heterocycles. The summed E-state index contributed by atoms with van der Waals surface area (Å²) in [4.78, 5) is 11.0. The zero-order chi connectivity index (χ0) is 11.9. The lowest BCUT2D eigenvalue weighted by atomic mass is 10.0. The van der Waals surface area contributed by atoms with Crippen molar-refractivity contribution in [1.82, 2.24) is 4.31 Å². The SMILES string of the molecule is CC1CN(C2COCC2C(=O)O)S(=O)(=O)C1. The van der Waals surface area contributed by atoms with E-state index >= 15 is 0 Å². The molecule has 0 radical (unpaired) electrons. The Kier molecular flexibility index (Phi) is 2.93. The fourth-order valence-electron chi connectivity index (χ4n) is 2.33. The van der Waals surface area contributed by atoms with Gasteiger partial charge in [-0.15, -0.1) is 0 Å². The maximum atomic E-state index is 11.8. The molecule has 0 aromatic rings. The van der Waals surface area contributed by atoms with Crippen molar-refractivity contribution in [2.24, 2.45) is 11.8 Å². The van der Waals surface area contributed by atoms with E-state index in [1.54, 1.807) is 0 Å². The molecule has 2 fully saturated rings. The summed E-state index contributed by atoms with van der Waals surface area (Å²) >= 11 is 0. The molecule has 92 valence electrons. The van der Waals surface area contributed by atoms with Crippen LogP contribution in [0.4, 0.5) is 0 Å². The summed E-state index contributed by atoms with van der Waals surface area (Å²) in [6.45, 7) is 2.53. The molecule has 7 heteroatoms. The lowest BCUT2D eigenvalue weighted by Crippen LogP contribution is -2.44. The third-order valence-corrected chi connectivity index (χ3v) is 5.21. The van der Waals surface area contributed by atoms with Gasteiger partial charge in [0.15, 0.2) is 0 Å². The van der Waals surface area contributed by atoms with Crippen molar-refractivity contribution in [3.8, 4) is 0 Å². The number of aliphatic carboxylic acids is 1. The maximum Gasteiger partial charge on any atom is 0.310 e. The van der Waals surface area contributed by atoms with Crippen LogP contribution < -0.4 is 0 Å². The first-order chi connectivity index (χ1) is 7.42. The molecule has 6 nitrogen and oxygen atoms in total. The highest BCUT2D eigenvalue weighted by Gasteiger charge is 2.46. The number of sulfonamides is 1. The van der Waals surface area contributed by atoms with Crippen LogP contribution in [0, 0.1) is 11.8 Å². The number of hydrogen-bond acceptors (Lipinski definition) is 4. The third kappa shape index (κ3) is 1.94. The predicted molar refractivity (Wildman–Crippen MR) is 55.4 cm³/mol. The summed E-state index contributed by atoms with van der Waals surface area (Å²) in [5, 5.41) is 8.98. The largest absolute Gasteiger partial charge is 0.481 e. The Labute approximate surface area is 94.2 Å². The van der Waals surface area contributed by atoms with E-state index in [1.165, 1.54) is 4.31 Å². The van der Waals surface area contributed by atoms with Crippen LogP contribution in [0.25, 0.3) is 0 Å². The Morgan fingerprint density at radius 2 is 2.12 bits per heavy atom. The number of rotatable bonds is 2. The van der Waals surface area contributed by atoms with Gasteiger partial charge in [-0.25, -0.2) is 8.42 Å². The van der Waals surface area contributed by atoms with Gasteiger partial charge in [-0.05, 0) is 5.92 Å². The summed E-state index contributed by atoms with van der Waals surface area (Å²) in [7, 11) is -3.30. The van der Waals surface area contributed by atoms with Gasteiger partial charge in [0.1, 0.15) is 0 Å². The molecule has 1 N–H and O–H groups in total. The molecule has 0 aromatic carbocycles. The predicted octanol–water partition coefficient (Wildman–Crippen LogP) is -0.632. The van der Waals surface area contributed by atoms with Gasteiger partial charge in [-0.3, -0.25) is 4.79 Å². The second-order valence-electron chi connectivity index (χ2n) is 4.50. The molecule has 2 saturated heterocycles. The molecule has 0 amide bonds. The highest BCUT2D eigenvalue weighted by molar-refractivity contribution is 7.89. The Hall–Kier alpha value is -0.660. The quantitative estimate of drug-likeness (QED) is 0.704. The Morgan fingerprint density at radius 1 is 1.44 bits per heavy atom. The van der Waals surface area contributed by atoms with E-state index in [0.29, 0.717) is 6.54 Å². The molecule has 0 spiro atoms. The Bertz CT molecular complexity index is 393. The van der Waals surface area contributed by atoms with Crippen LogP contribution in [0.1, 0.15) is 6.92 Å². The van der Waals surface area contributed by atoms with E-state index in [4.69, 9.17) is 9.84 Å². The molecule has 0 bridgehead atoms. The molecule has 0 aliphatic carbocycles. The molecule has 2 aliphatic rings. The van der Waals surface area contributed by atoms with Crippen LogP contribution in [0.3, 0.4) is 0 Å². The maximum absolute atomic E-state index is 11.8. The van der Waals surface area contributed by atoms with Gasteiger partial charge < -0.3 is 9.84 Å². The van der Waals surface area contributed by atoms with Gasteiger partial charge in [0.05, 0.1) is 30.9 Å². The summed E-state index contributed by atoms with van der Waals surface area (Å²) < 4.78 is 30.0. The second kappa shape index (κ2) is 3.97. The summed E-state index contributed by atoms with van der Waals surface area (Å²) in [5.74, 6) is -1.56. The first-order valence-electron chi connectivity index (χ1n) is 5.22. The molecule has 3 unspecified atom stereocenters. The van der Waals surface area contributed by atoms with Crippen molar-refractivity contribution >= 4 is 16.0 Å². The molecular weight excluding hydrogens is 234 g/mol. The molecule has 3 atom stereocenters. The average molecular weight is 249 g/mol. The van der Waals surface area contributed by atoms with E-state index in [-0.39, 0.29) is 24.9 Å². The number of carbonyl (C=O) groups is 1. The molecule has 0 saturated carbocycles. The minimum Gasteiger partial charge on any atom is -0.481 e. The van der Waals surface area contributed by atoms with Crippen LogP contribution >= 0.6 is 0 Å². The number of ether oxygens (including phenoxy) is 1. The molecule has 16 heavy (non-hydrogen) atoms. The third-order valence-electron chi connectivity index (χ3n) is 3.08. The summed E-state index contributed by atoms with van der Waals surface area (Å²) in [6.07, 6.45) is 0. The van der Waals surface area contributed by atoms with Crippen LogP contribution in [0.2, 0.25) is 0 Å². The monoisotopic (exact) mass is 249 g/mol. The fraction of sp³-hybridized carbons (Fsp3) is 0.889. The number of hydrogen-bond donors (Lipinski definition) is 1. The minimum absolute atomic E-state index is 0.0556. The first kappa shape index (κ1) is 11.8. The lowest BCUT2D eigenvalue weighted by molar-refractivity contribution is -0.142. The number of carboxylic acid groups (broad SMARTS) is 1. The van der Waals surface area contributed by atoms with Crippen molar-refractivity contribution < 1.29 is 23.1 Å². The van der Waals surface area contributed by atoms with Crippen LogP contribution in [0.5, 0.6) is 0 Å². The molecule has 0 aromatic heterocycles. The van der Waals surface area contributed by atoms with Crippen LogP contribution in [-0.4, -0.2) is 55.4 Å². The van der Waals surface area contributed by atoms with E-state index in [1.807, 2.05) is 6.92 Å². The van der Waals surface area contributed by atoms with Gasteiger partial charge in [0.25, 0.3) is 0 Å². The van der Waals surface area contributed by atoms with E-state index < -0.39 is 28.0 Å². The minimum atomic E-state index is -3.30. The number of nitrogens with zero attached hydrogens (tertiary/aromatic N) is 1. The van der Waals surface area contributed by atoms with Gasteiger partial charge in [-0.1, -0.05) is 6.92 Å². The fourth-order valence-corrected chi connectivity index (χ4v) is 4.45. The molecular formula is C9H15NO5S. The van der Waals surface area contributed by atoms with Gasteiger partial charge in [-0.2, -0.15) is 4.31 Å². The normalized spacial score (nSPS) is 38.9. The van der Waals surface area contributed by atoms with Crippen molar-refractivity contribution in [3.63, 3.8) is 0 Å². The smallest absolute Gasteiger partial charge is 0.310 e. The van der Waals surface area contributed by atoms with Crippen molar-refractivity contribution in [1.29, 1.82) is 0 Å². The zero-order valence-corrected chi connectivity index (χ0v) is 9.81. The first-order valence-corrected chi connectivity index (χ1v) is 6.83. The zero-order valence-electron chi connectivity index (χ0n) is 9.00. The lowest BCUT2D eigenvalue weighted by Gasteiger charge is -2.24. The Morgan fingerprint density at radius 3 is 2.62 bits per heavy atom. The summed E-state index contributed by atoms with van der Waals surface area (Å²) in [6, 6.07) is -0.535. The molecule has 2 heterocycles. The summed E-state index contributed by atoms with van der Waals surface area (Å²) in [5.41, 5.74) is 0. The average Bonchev–Trinajstić information content (AvgIpc) is 2.68. The highest BCUT2D eigenvalue weighted by atomic mass is 32.2. The Balaban J connectivity index is 2.22. The van der Waals surface area contributed by atoms with Gasteiger partial charge in [0.2, 0.25) is 10.0 Å². The van der Waals surface area contributed by atoms with E-state index in [0.717, 1.165) is 0 Å². The van der Waals surface area contributed by atoms with Gasteiger partial charge >= 0.3 is 5.97 Å². The van der Waals surface area contributed by atoms with Crippen molar-refractivity contribution in [2.75, 3.05) is 25.5 Å². The van der Waals surface area contributed by atoms with Crippen LogP contribution in [-0.2, 0) is 19.6 Å². The van der Waals surface area contributed by atoms with Crippen LogP contribution in [0.15, 0.2) is 0 Å². The molecule has 2 rings (SSSR count). The van der Waals surface area contributed by atoms with E-state index in [2.05, 4.69) is 0 Å². The highest BCUT2D eigenvalue weighted by Crippen LogP contribution is 2.28.